The Kier molecular flexibility index (Phi) is 7.71. The third kappa shape index (κ3) is 4.88. The molecule has 26 heavy (non-hydrogen) atoms. The molecule has 1 N–H and O–H groups in total. The van der Waals surface area contributed by atoms with E-state index in [1.165, 1.54) is 9.80 Å². The van der Waals surface area contributed by atoms with Gasteiger partial charge in [-0.25, -0.2) is 14.7 Å². The van der Waals surface area contributed by atoms with Crippen LogP contribution in [0.5, 0.6) is 0 Å². The maximum absolute atomic E-state index is 12.7. The molecular weight excluding hydrogens is 374 g/mol. The van der Waals surface area contributed by atoms with Gasteiger partial charge in [-0.15, -0.1) is 0 Å². The molecule has 0 atom stereocenters. The van der Waals surface area contributed by atoms with Crippen molar-refractivity contribution in [3.8, 4) is 0 Å². The summed E-state index contributed by atoms with van der Waals surface area (Å²) in [6.45, 7) is 2.17. The molecule has 2 heterocycles. The fourth-order valence-corrected chi connectivity index (χ4v) is 3.44. The van der Waals surface area contributed by atoms with Gasteiger partial charge in [-0.05, 0) is 24.3 Å². The van der Waals surface area contributed by atoms with Crippen LogP contribution in [0.15, 0.2) is 52.4 Å². The lowest BCUT2D eigenvalue weighted by atomic mass is 10.2. The van der Waals surface area contributed by atoms with E-state index in [0.717, 1.165) is 22.0 Å². The van der Waals surface area contributed by atoms with E-state index in [4.69, 9.17) is 9.47 Å². The molecule has 0 unspecified atom stereocenters. The van der Waals surface area contributed by atoms with E-state index in [-0.39, 0.29) is 19.0 Å². The predicted octanol–water partition coefficient (Wildman–Crippen LogP) is -1.01. The van der Waals surface area contributed by atoms with Crippen molar-refractivity contribution in [1.82, 2.24) is 4.98 Å². The third-order valence-corrected chi connectivity index (χ3v) is 4.77. The average Bonchev–Trinajstić information content (AvgIpc) is 2.62. The van der Waals surface area contributed by atoms with E-state index in [9.17, 15) is 4.79 Å². The highest BCUT2D eigenvalue weighted by molar-refractivity contribution is 7.99. The number of benzene rings is 1. The molecule has 3 rings (SSSR count). The summed E-state index contributed by atoms with van der Waals surface area (Å²) in [7, 11) is 4.14. The first kappa shape index (κ1) is 20.5. The first-order valence-corrected chi connectivity index (χ1v) is 9.04. The summed E-state index contributed by atoms with van der Waals surface area (Å²) in [4.78, 5) is 21.8. The molecule has 0 spiro atoms. The summed E-state index contributed by atoms with van der Waals surface area (Å²) >= 11 is 1.60. The number of nitrogens with one attached hydrogen (secondary N) is 1. The molecule has 140 valence electrons. The van der Waals surface area contributed by atoms with Crippen LogP contribution in [0, 0.1) is 0 Å². The van der Waals surface area contributed by atoms with E-state index < -0.39 is 6.09 Å². The van der Waals surface area contributed by atoms with Crippen LogP contribution >= 0.6 is 11.8 Å². The molecule has 6 nitrogen and oxygen atoms in total. The number of hydrogen-bond donors (Lipinski definition) is 1. The fourth-order valence-electron chi connectivity index (χ4n) is 2.41. The van der Waals surface area contributed by atoms with E-state index in [1.807, 2.05) is 36.4 Å². The molecule has 0 bridgehead atoms. The van der Waals surface area contributed by atoms with Gasteiger partial charge < -0.3 is 26.8 Å². The number of anilines is 2. The van der Waals surface area contributed by atoms with Crippen molar-refractivity contribution in [2.45, 2.75) is 9.79 Å². The Morgan fingerprint density at radius 2 is 1.88 bits per heavy atom. The van der Waals surface area contributed by atoms with Gasteiger partial charge in [0.1, 0.15) is 13.2 Å². The molecule has 8 heteroatoms. The highest BCUT2D eigenvalue weighted by Gasteiger charge is 2.30. The number of likely N-dealkylation sites (N-methyl/N-ethyl adjacent to an activating group) is 1. The van der Waals surface area contributed by atoms with Gasteiger partial charge in [0.15, 0.2) is 5.82 Å². The summed E-state index contributed by atoms with van der Waals surface area (Å²) in [5.41, 5.74) is 0.792. The Morgan fingerprint density at radius 3 is 2.69 bits per heavy atom. The maximum atomic E-state index is 12.7. The summed E-state index contributed by atoms with van der Waals surface area (Å²) in [6.07, 6.45) is 1.25. The lowest BCUT2D eigenvalue weighted by molar-refractivity contribution is -0.858. The maximum Gasteiger partial charge on any atom is 0.420 e. The molecule has 0 radical (unpaired) electrons. The van der Waals surface area contributed by atoms with Crippen molar-refractivity contribution in [2.24, 2.45) is 0 Å². The van der Waals surface area contributed by atoms with E-state index >= 15 is 0 Å². The zero-order valence-corrected chi connectivity index (χ0v) is 16.3. The van der Waals surface area contributed by atoms with Gasteiger partial charge in [0, 0.05) is 11.1 Å². The van der Waals surface area contributed by atoms with Crippen LogP contribution in [0.1, 0.15) is 0 Å². The van der Waals surface area contributed by atoms with Gasteiger partial charge in [0.25, 0.3) is 0 Å². The number of carbonyl (C=O) groups is 1. The molecule has 1 amide bonds. The normalized spacial score (nSPS) is 12.2. The number of quaternary nitrogens is 1. The highest BCUT2D eigenvalue weighted by Crippen LogP contribution is 2.46. The van der Waals surface area contributed by atoms with Crippen LogP contribution < -0.4 is 22.2 Å². The standard InChI is InChI=1S/C18H21N3O3S.ClH/c1-20(2)10-11-23-12-13-24-18(22)21-14-6-3-4-7-15(14)25-16-8-5-9-19-17(16)21;/h3-9H,10-13H2,1-2H3;1H. The highest BCUT2D eigenvalue weighted by atomic mass is 35.5. The molecule has 0 saturated heterocycles. The summed E-state index contributed by atoms with van der Waals surface area (Å²) in [5, 5.41) is 0. The summed E-state index contributed by atoms with van der Waals surface area (Å²) in [6, 6.07) is 11.6. The monoisotopic (exact) mass is 395 g/mol. The molecule has 2 aromatic rings. The summed E-state index contributed by atoms with van der Waals surface area (Å²) in [5.74, 6) is 0.605. The van der Waals surface area contributed by atoms with Crippen LogP contribution in [-0.4, -0.2) is 51.5 Å². The topological polar surface area (TPSA) is 56.1 Å². The molecule has 1 aliphatic rings. The number of aromatic nitrogens is 1. The number of nitrogens with zero attached hydrogens (tertiary/aromatic N) is 2. The number of ether oxygens (including phenoxy) is 2. The van der Waals surface area contributed by atoms with Gasteiger partial charge in [0.05, 0.1) is 37.9 Å². The van der Waals surface area contributed by atoms with Gasteiger partial charge in [-0.1, -0.05) is 23.9 Å². The van der Waals surface area contributed by atoms with Gasteiger partial charge in [0.2, 0.25) is 0 Å². The molecule has 0 fully saturated rings. The minimum Gasteiger partial charge on any atom is -1.00 e. The molecular formula is C18H22ClN3O3S. The number of hydrogen-bond acceptors (Lipinski definition) is 5. The number of para-hydroxylation sites is 1. The number of pyridine rings is 1. The summed E-state index contributed by atoms with van der Waals surface area (Å²) < 4.78 is 10.9. The first-order valence-electron chi connectivity index (χ1n) is 8.22. The van der Waals surface area contributed by atoms with Crippen LogP contribution in [0.25, 0.3) is 0 Å². The lowest BCUT2D eigenvalue weighted by Crippen LogP contribution is -3.06. The van der Waals surface area contributed by atoms with Crippen molar-refractivity contribution in [3.05, 3.63) is 42.6 Å². The van der Waals surface area contributed by atoms with Crippen LogP contribution in [0.3, 0.4) is 0 Å². The second-order valence-corrected chi connectivity index (χ2v) is 7.00. The molecule has 1 aliphatic heterocycles. The predicted molar refractivity (Wildman–Crippen MR) is 96.8 cm³/mol. The number of fused-ring (bicyclic) bond motifs is 2. The Morgan fingerprint density at radius 1 is 1.12 bits per heavy atom. The van der Waals surface area contributed by atoms with Crippen molar-refractivity contribution in [2.75, 3.05) is 45.4 Å². The van der Waals surface area contributed by atoms with Gasteiger partial charge in [-0.2, -0.15) is 0 Å². The van der Waals surface area contributed by atoms with E-state index in [2.05, 4.69) is 19.1 Å². The zero-order chi connectivity index (χ0) is 17.6. The first-order chi connectivity index (χ1) is 12.2. The minimum absolute atomic E-state index is 0. The number of carbonyl (C=O) groups excluding carboxylic acids is 1. The fraction of sp³-hybridized carbons (Fsp3) is 0.333. The Bertz CT molecular complexity index is 700. The second-order valence-electron chi connectivity index (χ2n) is 5.91. The Labute approximate surface area is 163 Å². The number of halogens is 1. The lowest BCUT2D eigenvalue weighted by Gasteiger charge is -2.28. The van der Waals surface area contributed by atoms with Crippen LogP contribution in [0.4, 0.5) is 16.3 Å². The van der Waals surface area contributed by atoms with Gasteiger partial charge in [-0.3, -0.25) is 0 Å². The van der Waals surface area contributed by atoms with Crippen molar-refractivity contribution < 1.29 is 31.6 Å². The SMILES string of the molecule is C[NH+](C)CCOCCOC(=O)N1c2ccccc2Sc2cccnc21.[Cl-]. The smallest absolute Gasteiger partial charge is 0.420 e. The van der Waals surface area contributed by atoms with Crippen molar-refractivity contribution in [3.63, 3.8) is 0 Å². The number of amides is 1. The molecule has 1 aromatic heterocycles. The average molecular weight is 396 g/mol. The molecule has 1 aromatic carbocycles. The van der Waals surface area contributed by atoms with E-state index in [1.54, 1.807) is 18.0 Å². The number of rotatable bonds is 6. The quantitative estimate of drug-likeness (QED) is 0.635. The second kappa shape index (κ2) is 9.78. The molecule has 0 saturated carbocycles. The van der Waals surface area contributed by atoms with E-state index in [0.29, 0.717) is 19.0 Å². The van der Waals surface area contributed by atoms with Gasteiger partial charge >= 0.3 is 6.09 Å². The zero-order valence-electron chi connectivity index (χ0n) is 14.8. The third-order valence-electron chi connectivity index (χ3n) is 3.67. The largest absolute Gasteiger partial charge is 1.00 e. The van der Waals surface area contributed by atoms with Crippen LogP contribution in [0.2, 0.25) is 0 Å². The van der Waals surface area contributed by atoms with Crippen molar-refractivity contribution in [1.29, 1.82) is 0 Å². The Balaban J connectivity index is 0.00000243. The minimum atomic E-state index is -0.436. The molecule has 0 aliphatic carbocycles. The van der Waals surface area contributed by atoms with Crippen molar-refractivity contribution >= 4 is 29.4 Å². The Hall–Kier alpha value is -1.80. The van der Waals surface area contributed by atoms with Crippen LogP contribution in [-0.2, 0) is 9.47 Å².